The van der Waals surface area contributed by atoms with Crippen LogP contribution in [0.25, 0.3) is 11.5 Å². The van der Waals surface area contributed by atoms with Gasteiger partial charge in [-0.15, -0.1) is 5.10 Å². The van der Waals surface area contributed by atoms with Crippen LogP contribution in [-0.2, 0) is 16.5 Å². The molecule has 24 heavy (non-hydrogen) atoms. The molecule has 0 aliphatic carbocycles. The van der Waals surface area contributed by atoms with E-state index in [4.69, 9.17) is 16.6 Å². The second-order valence-electron chi connectivity index (χ2n) is 5.79. The van der Waals surface area contributed by atoms with Gasteiger partial charge >= 0.3 is 0 Å². The molecule has 1 aromatic heterocycles. The van der Waals surface area contributed by atoms with Gasteiger partial charge in [-0.2, -0.15) is 0 Å². The predicted octanol–water partition coefficient (Wildman–Crippen LogP) is 3.10. The zero-order valence-electron chi connectivity index (χ0n) is 13.2. The minimum atomic E-state index is -2.92. The van der Waals surface area contributed by atoms with Crippen molar-refractivity contribution in [3.8, 4) is 11.5 Å². The van der Waals surface area contributed by atoms with Crippen LogP contribution in [0.2, 0.25) is 0 Å². The highest BCUT2D eigenvalue weighted by atomic mass is 79.9. The molecule has 1 aliphatic heterocycles. The summed E-state index contributed by atoms with van der Waals surface area (Å²) in [6, 6.07) is 7.64. The SMILES string of the molecule is CCN(Cn1nc(-c2cccc(Br)c2)oc1=S)[C@H]1CCS(=O)(=O)C1. The van der Waals surface area contributed by atoms with Gasteiger partial charge < -0.3 is 4.42 Å². The van der Waals surface area contributed by atoms with Crippen molar-refractivity contribution in [3.05, 3.63) is 33.6 Å². The van der Waals surface area contributed by atoms with Gasteiger partial charge in [0.25, 0.3) is 4.84 Å². The van der Waals surface area contributed by atoms with Crippen molar-refractivity contribution in [1.82, 2.24) is 14.7 Å². The fourth-order valence-corrected chi connectivity index (χ4v) is 5.18. The summed E-state index contributed by atoms with van der Waals surface area (Å²) in [6.07, 6.45) is 0.653. The van der Waals surface area contributed by atoms with Crippen LogP contribution in [0.1, 0.15) is 13.3 Å². The maximum atomic E-state index is 11.7. The summed E-state index contributed by atoms with van der Waals surface area (Å²) in [6.45, 7) is 3.15. The first-order valence-corrected chi connectivity index (χ1v) is 10.7. The van der Waals surface area contributed by atoms with E-state index in [0.29, 0.717) is 19.0 Å². The van der Waals surface area contributed by atoms with E-state index in [1.807, 2.05) is 31.2 Å². The van der Waals surface area contributed by atoms with E-state index in [0.717, 1.165) is 16.6 Å². The first-order chi connectivity index (χ1) is 11.4. The first kappa shape index (κ1) is 17.8. The van der Waals surface area contributed by atoms with Gasteiger partial charge in [0.1, 0.15) is 0 Å². The van der Waals surface area contributed by atoms with Crippen molar-refractivity contribution in [2.75, 3.05) is 18.1 Å². The van der Waals surface area contributed by atoms with E-state index in [-0.39, 0.29) is 22.4 Å². The molecule has 9 heteroatoms. The van der Waals surface area contributed by atoms with Crippen molar-refractivity contribution < 1.29 is 12.8 Å². The lowest BCUT2D eigenvalue weighted by atomic mass is 10.2. The summed E-state index contributed by atoms with van der Waals surface area (Å²) in [4.78, 5) is 2.36. The molecule has 0 bridgehead atoms. The summed E-state index contributed by atoms with van der Waals surface area (Å²) >= 11 is 8.69. The Morgan fingerprint density at radius 1 is 1.50 bits per heavy atom. The number of rotatable bonds is 5. The van der Waals surface area contributed by atoms with Gasteiger partial charge in [-0.05, 0) is 43.4 Å². The van der Waals surface area contributed by atoms with Crippen LogP contribution in [0.3, 0.4) is 0 Å². The summed E-state index contributed by atoms with van der Waals surface area (Å²) in [5.74, 6) is 0.906. The highest BCUT2D eigenvalue weighted by Crippen LogP contribution is 2.23. The van der Waals surface area contributed by atoms with Crippen LogP contribution in [0.5, 0.6) is 0 Å². The van der Waals surface area contributed by atoms with Gasteiger partial charge in [-0.25, -0.2) is 13.1 Å². The maximum absolute atomic E-state index is 11.7. The highest BCUT2D eigenvalue weighted by molar-refractivity contribution is 9.10. The van der Waals surface area contributed by atoms with Crippen molar-refractivity contribution in [2.45, 2.75) is 26.1 Å². The molecule has 0 N–H and O–H groups in total. The Hall–Kier alpha value is -1.03. The molecule has 0 spiro atoms. The third-order valence-corrected chi connectivity index (χ3v) is 6.66. The largest absolute Gasteiger partial charge is 0.409 e. The molecular formula is C15H18BrN3O3S2. The third-order valence-electron chi connectivity index (χ3n) is 4.12. The minimum absolute atomic E-state index is 0.00733. The average Bonchev–Trinajstić information content (AvgIpc) is 3.07. The van der Waals surface area contributed by atoms with Crippen LogP contribution in [0, 0.1) is 4.84 Å². The Morgan fingerprint density at radius 2 is 2.29 bits per heavy atom. The molecule has 0 amide bonds. The van der Waals surface area contributed by atoms with Crippen LogP contribution < -0.4 is 0 Å². The summed E-state index contributed by atoms with van der Waals surface area (Å²) in [7, 11) is -2.92. The lowest BCUT2D eigenvalue weighted by molar-refractivity contribution is 0.162. The summed E-state index contributed by atoms with van der Waals surface area (Å²) in [5.41, 5.74) is 0.834. The molecule has 130 valence electrons. The summed E-state index contributed by atoms with van der Waals surface area (Å²) in [5, 5.41) is 4.45. The monoisotopic (exact) mass is 431 g/mol. The van der Waals surface area contributed by atoms with Crippen molar-refractivity contribution in [3.63, 3.8) is 0 Å². The van der Waals surface area contributed by atoms with Crippen molar-refractivity contribution in [2.24, 2.45) is 0 Å². The average molecular weight is 432 g/mol. The number of hydrogen-bond acceptors (Lipinski definition) is 6. The molecule has 1 fully saturated rings. The van der Waals surface area contributed by atoms with E-state index in [1.54, 1.807) is 4.68 Å². The molecule has 0 radical (unpaired) electrons. The molecule has 6 nitrogen and oxygen atoms in total. The van der Waals surface area contributed by atoms with E-state index in [9.17, 15) is 8.42 Å². The van der Waals surface area contributed by atoms with Gasteiger partial charge in [0.2, 0.25) is 5.89 Å². The number of benzene rings is 1. The van der Waals surface area contributed by atoms with E-state index in [1.165, 1.54) is 0 Å². The Labute approximate surface area is 154 Å². The number of aromatic nitrogens is 2. The maximum Gasteiger partial charge on any atom is 0.288 e. The molecule has 0 saturated carbocycles. The van der Waals surface area contributed by atoms with Crippen LogP contribution in [0.15, 0.2) is 33.2 Å². The van der Waals surface area contributed by atoms with Gasteiger partial charge in [-0.3, -0.25) is 4.90 Å². The van der Waals surface area contributed by atoms with Crippen LogP contribution >= 0.6 is 28.1 Å². The number of sulfone groups is 1. The normalized spacial score (nSPS) is 19.9. The quantitative estimate of drug-likeness (QED) is 0.677. The van der Waals surface area contributed by atoms with Crippen LogP contribution in [0.4, 0.5) is 0 Å². The molecule has 0 unspecified atom stereocenters. The minimum Gasteiger partial charge on any atom is -0.409 e. The predicted molar refractivity (Wildman–Crippen MR) is 97.9 cm³/mol. The molecule has 1 atom stereocenters. The summed E-state index contributed by atoms with van der Waals surface area (Å²) < 4.78 is 31.6. The first-order valence-electron chi connectivity index (χ1n) is 7.66. The lowest BCUT2D eigenvalue weighted by Crippen LogP contribution is -2.37. The number of halogens is 1. The van der Waals surface area contributed by atoms with Gasteiger partial charge in [0.05, 0.1) is 18.2 Å². The standard InChI is InChI=1S/C15H18BrN3O3S2/c1-2-18(13-6-7-24(20,21)9-13)10-19-15(23)22-14(17-19)11-4-3-5-12(16)8-11/h3-5,8,13H,2,6-7,9-10H2,1H3/t13-/m0/s1. The molecule has 2 aromatic rings. The molecule has 2 heterocycles. The second-order valence-corrected chi connectivity index (χ2v) is 9.28. The van der Waals surface area contributed by atoms with Crippen LogP contribution in [-0.4, -0.2) is 47.2 Å². The Morgan fingerprint density at radius 3 is 2.92 bits per heavy atom. The fraction of sp³-hybridized carbons (Fsp3) is 0.467. The zero-order valence-corrected chi connectivity index (χ0v) is 16.4. The molecule has 1 aliphatic rings. The molecular weight excluding hydrogens is 414 g/mol. The molecule has 1 saturated heterocycles. The number of hydrogen-bond donors (Lipinski definition) is 0. The Balaban J connectivity index is 1.81. The van der Waals surface area contributed by atoms with Gasteiger partial charge in [0, 0.05) is 16.1 Å². The third kappa shape index (κ3) is 3.96. The topological polar surface area (TPSA) is 68.3 Å². The van der Waals surface area contributed by atoms with E-state index < -0.39 is 9.84 Å². The number of nitrogens with zero attached hydrogens (tertiary/aromatic N) is 3. The molecule has 3 rings (SSSR count). The Bertz CT molecular complexity index is 891. The Kier molecular flexibility index (Phi) is 5.24. The lowest BCUT2D eigenvalue weighted by Gasteiger charge is -2.25. The smallest absolute Gasteiger partial charge is 0.288 e. The fourth-order valence-electron chi connectivity index (χ4n) is 2.84. The van der Waals surface area contributed by atoms with Crippen molar-refractivity contribution in [1.29, 1.82) is 0 Å². The van der Waals surface area contributed by atoms with E-state index in [2.05, 4.69) is 25.9 Å². The zero-order chi connectivity index (χ0) is 17.3. The van der Waals surface area contributed by atoms with Gasteiger partial charge in [-0.1, -0.05) is 28.9 Å². The second kappa shape index (κ2) is 7.07. The van der Waals surface area contributed by atoms with Gasteiger partial charge in [0.15, 0.2) is 9.84 Å². The van der Waals surface area contributed by atoms with Crippen molar-refractivity contribution >= 4 is 38.0 Å². The molecule has 1 aromatic carbocycles. The highest BCUT2D eigenvalue weighted by Gasteiger charge is 2.32. The van der Waals surface area contributed by atoms with E-state index >= 15 is 0 Å².